The Labute approximate surface area is 102 Å². The number of carboxylic acid groups (broad SMARTS) is 1. The first kappa shape index (κ1) is 13.5. The van der Waals surface area contributed by atoms with Crippen LogP contribution in [0.3, 0.4) is 0 Å². The molecule has 1 heterocycles. The Morgan fingerprint density at radius 1 is 1.59 bits per heavy atom. The van der Waals surface area contributed by atoms with Gasteiger partial charge in [-0.25, -0.2) is 9.78 Å². The minimum atomic E-state index is -0.916. The molecule has 94 valence electrons. The van der Waals surface area contributed by atoms with Gasteiger partial charge in [0.25, 0.3) is 0 Å². The van der Waals surface area contributed by atoms with E-state index in [-0.39, 0.29) is 6.04 Å². The van der Waals surface area contributed by atoms with Crippen LogP contribution >= 0.6 is 0 Å². The van der Waals surface area contributed by atoms with Gasteiger partial charge in [-0.05, 0) is 31.9 Å². The number of carbonyl (C=O) groups is 1. The molecule has 0 fully saturated rings. The van der Waals surface area contributed by atoms with Crippen LogP contribution in [0.5, 0.6) is 0 Å². The summed E-state index contributed by atoms with van der Waals surface area (Å²) in [7, 11) is 1.90. The molecule has 0 saturated heterocycles. The molecule has 0 spiro atoms. The molecule has 17 heavy (non-hydrogen) atoms. The molecule has 4 nitrogen and oxygen atoms in total. The van der Waals surface area contributed by atoms with Crippen LogP contribution in [-0.2, 0) is 0 Å². The number of aromatic nitrogens is 1. The van der Waals surface area contributed by atoms with E-state index in [9.17, 15) is 9.90 Å². The number of pyridine rings is 1. The van der Waals surface area contributed by atoms with Crippen molar-refractivity contribution in [3.8, 4) is 0 Å². The monoisotopic (exact) mass is 236 g/mol. The summed E-state index contributed by atoms with van der Waals surface area (Å²) in [6.07, 6.45) is 3.75. The number of rotatable bonds is 5. The fourth-order valence-corrected chi connectivity index (χ4v) is 1.90. The van der Waals surface area contributed by atoms with Crippen LogP contribution in [0, 0.1) is 6.92 Å². The van der Waals surface area contributed by atoms with E-state index in [2.05, 4.69) is 18.8 Å². The molecule has 4 heteroatoms. The summed E-state index contributed by atoms with van der Waals surface area (Å²) >= 11 is 0. The molecule has 1 atom stereocenters. The number of aryl methyl sites for hydroxylation is 1. The maximum absolute atomic E-state index is 11.3. The molecule has 0 bridgehead atoms. The second kappa shape index (κ2) is 5.66. The third-order valence-electron chi connectivity index (χ3n) is 3.05. The smallest absolute Gasteiger partial charge is 0.339 e. The lowest BCUT2D eigenvalue weighted by Gasteiger charge is -2.27. The van der Waals surface area contributed by atoms with Gasteiger partial charge in [0.15, 0.2) is 0 Å². The summed E-state index contributed by atoms with van der Waals surface area (Å²) in [6, 6.07) is 2.01. The number of anilines is 1. The highest BCUT2D eigenvalue weighted by atomic mass is 16.4. The lowest BCUT2D eigenvalue weighted by molar-refractivity contribution is 0.0696. The van der Waals surface area contributed by atoms with Gasteiger partial charge in [0.05, 0.1) is 0 Å². The summed E-state index contributed by atoms with van der Waals surface area (Å²) in [4.78, 5) is 17.4. The molecule has 0 aromatic carbocycles. The molecule has 0 aliphatic heterocycles. The van der Waals surface area contributed by atoms with E-state index >= 15 is 0 Å². The molecule has 1 rings (SSSR count). The van der Waals surface area contributed by atoms with Crippen LogP contribution in [0.2, 0.25) is 0 Å². The maximum Gasteiger partial charge on any atom is 0.339 e. The minimum absolute atomic E-state index is 0.285. The largest absolute Gasteiger partial charge is 0.478 e. The molecule has 0 saturated carbocycles. The number of nitrogens with zero attached hydrogens (tertiary/aromatic N) is 2. The van der Waals surface area contributed by atoms with Crippen molar-refractivity contribution in [2.24, 2.45) is 0 Å². The van der Waals surface area contributed by atoms with Crippen LogP contribution in [0.4, 0.5) is 5.82 Å². The zero-order valence-corrected chi connectivity index (χ0v) is 10.9. The lowest BCUT2D eigenvalue weighted by atomic mass is 10.1. The predicted molar refractivity (Wildman–Crippen MR) is 68.7 cm³/mol. The Kier molecular flexibility index (Phi) is 4.49. The molecule has 0 aliphatic rings. The second-order valence-corrected chi connectivity index (χ2v) is 4.38. The number of carboxylic acids is 1. The zero-order chi connectivity index (χ0) is 13.0. The van der Waals surface area contributed by atoms with Crippen molar-refractivity contribution in [3.63, 3.8) is 0 Å². The molecule has 1 N–H and O–H groups in total. The first-order chi connectivity index (χ1) is 7.99. The Bertz CT molecular complexity index is 404. The van der Waals surface area contributed by atoms with Gasteiger partial charge in [-0.15, -0.1) is 0 Å². The van der Waals surface area contributed by atoms with Gasteiger partial charge in [-0.3, -0.25) is 0 Å². The van der Waals surface area contributed by atoms with Gasteiger partial charge in [0.2, 0.25) is 0 Å². The average Bonchev–Trinajstić information content (AvgIpc) is 2.27. The highest BCUT2D eigenvalue weighted by Crippen LogP contribution is 2.22. The molecule has 1 aromatic heterocycles. The third-order valence-corrected chi connectivity index (χ3v) is 3.05. The van der Waals surface area contributed by atoms with Crippen LogP contribution in [0.25, 0.3) is 0 Å². The van der Waals surface area contributed by atoms with Gasteiger partial charge in [-0.1, -0.05) is 13.3 Å². The third kappa shape index (κ3) is 2.96. The highest BCUT2D eigenvalue weighted by molar-refractivity contribution is 5.94. The van der Waals surface area contributed by atoms with Gasteiger partial charge < -0.3 is 10.0 Å². The van der Waals surface area contributed by atoms with E-state index < -0.39 is 5.97 Å². The topological polar surface area (TPSA) is 53.4 Å². The van der Waals surface area contributed by atoms with Gasteiger partial charge in [0, 0.05) is 19.3 Å². The Hall–Kier alpha value is -1.58. The maximum atomic E-state index is 11.3. The summed E-state index contributed by atoms with van der Waals surface area (Å²) < 4.78 is 0. The van der Waals surface area contributed by atoms with E-state index in [1.807, 2.05) is 11.9 Å². The van der Waals surface area contributed by atoms with Crippen LogP contribution in [0.15, 0.2) is 12.3 Å². The fourth-order valence-electron chi connectivity index (χ4n) is 1.90. The van der Waals surface area contributed by atoms with E-state index in [1.54, 1.807) is 19.2 Å². The molecule has 0 radical (unpaired) electrons. The van der Waals surface area contributed by atoms with E-state index in [0.29, 0.717) is 11.4 Å². The van der Waals surface area contributed by atoms with Crippen molar-refractivity contribution in [3.05, 3.63) is 23.4 Å². The van der Waals surface area contributed by atoms with Crippen molar-refractivity contribution in [1.29, 1.82) is 0 Å². The van der Waals surface area contributed by atoms with E-state index in [4.69, 9.17) is 0 Å². The number of hydrogen-bond donors (Lipinski definition) is 1. The normalized spacial score (nSPS) is 12.2. The van der Waals surface area contributed by atoms with Crippen molar-refractivity contribution >= 4 is 11.8 Å². The number of hydrogen-bond acceptors (Lipinski definition) is 3. The van der Waals surface area contributed by atoms with Crippen LogP contribution < -0.4 is 4.90 Å². The van der Waals surface area contributed by atoms with Crippen LogP contribution in [-0.4, -0.2) is 29.1 Å². The van der Waals surface area contributed by atoms with E-state index in [0.717, 1.165) is 18.4 Å². The Morgan fingerprint density at radius 3 is 2.76 bits per heavy atom. The Balaban J connectivity index is 3.13. The molecule has 1 unspecified atom stereocenters. The summed E-state index contributed by atoms with van der Waals surface area (Å²) in [5, 5.41) is 9.24. The summed E-state index contributed by atoms with van der Waals surface area (Å²) in [5.74, 6) is -0.361. The van der Waals surface area contributed by atoms with Gasteiger partial charge in [0.1, 0.15) is 11.4 Å². The molecular formula is C13H20N2O2. The fraction of sp³-hybridized carbons (Fsp3) is 0.538. The second-order valence-electron chi connectivity index (χ2n) is 4.38. The first-order valence-corrected chi connectivity index (χ1v) is 5.90. The molecular weight excluding hydrogens is 216 g/mol. The number of aromatic carboxylic acids is 1. The Morgan fingerprint density at radius 2 is 2.24 bits per heavy atom. The quantitative estimate of drug-likeness (QED) is 0.854. The van der Waals surface area contributed by atoms with Crippen molar-refractivity contribution in [2.45, 2.75) is 39.7 Å². The minimum Gasteiger partial charge on any atom is -0.478 e. The molecule has 1 aromatic rings. The van der Waals surface area contributed by atoms with Crippen LogP contribution in [0.1, 0.15) is 42.6 Å². The predicted octanol–water partition coefficient (Wildman–Crippen LogP) is 2.71. The highest BCUT2D eigenvalue weighted by Gasteiger charge is 2.20. The standard InChI is InChI=1S/C13H20N2O2/c1-5-6-10(3)15(4)12-11(13(16)17)9(2)7-8-14-12/h7-8,10H,5-6H2,1-4H3,(H,16,17). The van der Waals surface area contributed by atoms with Crippen molar-refractivity contribution < 1.29 is 9.90 Å². The van der Waals surface area contributed by atoms with Gasteiger partial charge >= 0.3 is 5.97 Å². The van der Waals surface area contributed by atoms with Crippen molar-refractivity contribution in [2.75, 3.05) is 11.9 Å². The van der Waals surface area contributed by atoms with Crippen molar-refractivity contribution in [1.82, 2.24) is 4.98 Å². The summed E-state index contributed by atoms with van der Waals surface area (Å²) in [6.45, 7) is 6.00. The average molecular weight is 236 g/mol. The molecule has 0 aliphatic carbocycles. The zero-order valence-electron chi connectivity index (χ0n) is 10.9. The SMILES string of the molecule is CCCC(C)N(C)c1nccc(C)c1C(=O)O. The van der Waals surface area contributed by atoms with E-state index in [1.165, 1.54) is 0 Å². The summed E-state index contributed by atoms with van der Waals surface area (Å²) in [5.41, 5.74) is 1.05. The first-order valence-electron chi connectivity index (χ1n) is 5.90. The molecule has 0 amide bonds. The lowest BCUT2D eigenvalue weighted by Crippen LogP contribution is -2.31. The van der Waals surface area contributed by atoms with Gasteiger partial charge in [-0.2, -0.15) is 0 Å².